The van der Waals surface area contributed by atoms with E-state index in [9.17, 15) is 4.79 Å². The molecular formula is C17H15N3O2S. The Morgan fingerprint density at radius 1 is 1.26 bits per heavy atom. The zero-order chi connectivity index (χ0) is 15.8. The summed E-state index contributed by atoms with van der Waals surface area (Å²) >= 11 is 1.15. The van der Waals surface area contributed by atoms with E-state index in [0.717, 1.165) is 35.2 Å². The van der Waals surface area contributed by atoms with E-state index in [-0.39, 0.29) is 17.7 Å². The number of nitrogens with zero attached hydrogens (tertiary/aromatic N) is 3. The Labute approximate surface area is 138 Å². The molecule has 1 unspecified atom stereocenters. The van der Waals surface area contributed by atoms with Crippen molar-refractivity contribution in [2.45, 2.75) is 19.4 Å². The van der Waals surface area contributed by atoms with Gasteiger partial charge in [0.05, 0.1) is 12.0 Å². The number of carbonyl (C=O) groups is 1. The van der Waals surface area contributed by atoms with Crippen LogP contribution < -0.4 is 0 Å². The van der Waals surface area contributed by atoms with Gasteiger partial charge in [0.25, 0.3) is 0 Å². The molecule has 116 valence electrons. The molecule has 0 spiro atoms. The Kier molecular flexibility index (Phi) is 3.53. The molecule has 2 aliphatic heterocycles. The number of aliphatic imine (C=N–C) groups is 1. The molecule has 0 bridgehead atoms. The van der Waals surface area contributed by atoms with Gasteiger partial charge in [0.1, 0.15) is 18.3 Å². The fourth-order valence-corrected chi connectivity index (χ4v) is 3.45. The van der Waals surface area contributed by atoms with E-state index in [1.165, 1.54) is 5.56 Å². The molecule has 0 fully saturated rings. The van der Waals surface area contributed by atoms with Gasteiger partial charge in [-0.1, -0.05) is 29.8 Å². The molecule has 3 heterocycles. The molecule has 0 radical (unpaired) electrons. The number of rotatable bonds is 2. The first-order chi connectivity index (χ1) is 11.2. The van der Waals surface area contributed by atoms with Crippen LogP contribution in [0.1, 0.15) is 29.3 Å². The zero-order valence-electron chi connectivity index (χ0n) is 12.6. The summed E-state index contributed by atoms with van der Waals surface area (Å²) in [4.78, 5) is 15.9. The minimum Gasteiger partial charge on any atom is -0.467 e. The summed E-state index contributed by atoms with van der Waals surface area (Å²) in [5.74, 6) is 0.832. The number of furan rings is 1. The number of carbonyl (C=O) groups excluding carboxylic acids is 1. The second kappa shape index (κ2) is 5.70. The van der Waals surface area contributed by atoms with E-state index in [2.05, 4.69) is 36.2 Å². The highest BCUT2D eigenvalue weighted by atomic mass is 32.2. The fourth-order valence-electron chi connectivity index (χ4n) is 2.73. The largest absolute Gasteiger partial charge is 0.467 e. The first-order valence-corrected chi connectivity index (χ1v) is 8.24. The van der Waals surface area contributed by atoms with Crippen LogP contribution in [0.3, 0.4) is 0 Å². The maximum Gasteiger partial charge on any atom is 0.218 e. The number of aryl methyl sites for hydroxylation is 1. The summed E-state index contributed by atoms with van der Waals surface area (Å²) in [7, 11) is 0. The van der Waals surface area contributed by atoms with Crippen molar-refractivity contribution in [1.29, 1.82) is 0 Å². The highest BCUT2D eigenvalue weighted by Gasteiger charge is 2.36. The number of hydrogen-bond donors (Lipinski definition) is 0. The molecule has 0 aliphatic carbocycles. The Morgan fingerprint density at radius 3 is 2.74 bits per heavy atom. The summed E-state index contributed by atoms with van der Waals surface area (Å²) in [5, 5.41) is 7.26. The molecular weight excluding hydrogens is 310 g/mol. The van der Waals surface area contributed by atoms with Crippen LogP contribution in [0.15, 0.2) is 57.2 Å². The summed E-state index contributed by atoms with van der Waals surface area (Å²) in [6.45, 7) is 2.28. The lowest BCUT2D eigenvalue weighted by Crippen LogP contribution is -2.23. The van der Waals surface area contributed by atoms with Crippen LogP contribution in [-0.4, -0.2) is 27.5 Å². The van der Waals surface area contributed by atoms with Gasteiger partial charge in [0, 0.05) is 6.42 Å². The number of thioether (sulfide) groups is 1. The number of benzene rings is 1. The quantitative estimate of drug-likeness (QED) is 0.849. The highest BCUT2D eigenvalue weighted by Crippen LogP contribution is 2.36. The van der Waals surface area contributed by atoms with Gasteiger partial charge in [-0.15, -0.1) is 0 Å². The fraction of sp³-hybridized carbons (Fsp3) is 0.235. The average molecular weight is 325 g/mol. The predicted molar refractivity (Wildman–Crippen MR) is 90.5 cm³/mol. The Morgan fingerprint density at radius 2 is 2.09 bits per heavy atom. The van der Waals surface area contributed by atoms with Gasteiger partial charge in [0.15, 0.2) is 5.17 Å². The second-order valence-corrected chi connectivity index (χ2v) is 6.59. The van der Waals surface area contributed by atoms with Gasteiger partial charge >= 0.3 is 0 Å². The van der Waals surface area contributed by atoms with Gasteiger partial charge in [-0.05, 0) is 36.4 Å². The lowest BCUT2D eigenvalue weighted by molar-refractivity contribution is -0.109. The monoisotopic (exact) mass is 325 g/mol. The van der Waals surface area contributed by atoms with E-state index in [0.29, 0.717) is 5.17 Å². The molecule has 1 atom stereocenters. The topological polar surface area (TPSA) is 58.2 Å². The predicted octanol–water partition coefficient (Wildman–Crippen LogP) is 3.37. The SMILES string of the molecule is Cc1ccc(C2=NN(C3=NCC(=O)S3)C(c3ccco3)C2)cc1. The molecule has 0 amide bonds. The van der Waals surface area contributed by atoms with Crippen molar-refractivity contribution in [3.8, 4) is 0 Å². The van der Waals surface area contributed by atoms with Crippen LogP contribution in [0.4, 0.5) is 0 Å². The summed E-state index contributed by atoms with van der Waals surface area (Å²) in [6, 6.07) is 12.1. The third kappa shape index (κ3) is 2.70. The van der Waals surface area contributed by atoms with Crippen molar-refractivity contribution in [1.82, 2.24) is 5.01 Å². The first kappa shape index (κ1) is 14.3. The van der Waals surface area contributed by atoms with E-state index < -0.39 is 0 Å². The number of hydrogen-bond acceptors (Lipinski definition) is 6. The maximum absolute atomic E-state index is 11.5. The van der Waals surface area contributed by atoms with Crippen LogP contribution in [0.25, 0.3) is 0 Å². The average Bonchev–Trinajstić information content (AvgIpc) is 3.27. The van der Waals surface area contributed by atoms with Gasteiger partial charge in [0.2, 0.25) is 5.12 Å². The van der Waals surface area contributed by atoms with Crippen molar-refractivity contribution in [2.24, 2.45) is 10.1 Å². The summed E-state index contributed by atoms with van der Waals surface area (Å²) < 4.78 is 5.57. The molecule has 2 aromatic rings. The van der Waals surface area contributed by atoms with Gasteiger partial charge in [-0.3, -0.25) is 9.79 Å². The third-order valence-electron chi connectivity index (χ3n) is 3.91. The number of amidine groups is 1. The number of hydrazone groups is 1. The van der Waals surface area contributed by atoms with Crippen molar-refractivity contribution < 1.29 is 9.21 Å². The van der Waals surface area contributed by atoms with E-state index in [4.69, 9.17) is 9.52 Å². The van der Waals surface area contributed by atoms with Gasteiger partial charge in [-0.2, -0.15) is 5.10 Å². The summed E-state index contributed by atoms with van der Waals surface area (Å²) in [5.41, 5.74) is 3.28. The van der Waals surface area contributed by atoms with E-state index >= 15 is 0 Å². The maximum atomic E-state index is 11.5. The van der Waals surface area contributed by atoms with Crippen molar-refractivity contribution in [3.05, 3.63) is 59.5 Å². The van der Waals surface area contributed by atoms with Crippen LogP contribution >= 0.6 is 11.8 Å². The molecule has 1 aromatic carbocycles. The minimum absolute atomic E-state index is 0.0529. The van der Waals surface area contributed by atoms with E-state index in [1.54, 1.807) is 6.26 Å². The van der Waals surface area contributed by atoms with Crippen molar-refractivity contribution in [2.75, 3.05) is 6.54 Å². The lowest BCUT2D eigenvalue weighted by atomic mass is 10.0. The molecule has 0 saturated carbocycles. The molecule has 2 aliphatic rings. The third-order valence-corrected chi connectivity index (χ3v) is 4.77. The van der Waals surface area contributed by atoms with Crippen molar-refractivity contribution in [3.63, 3.8) is 0 Å². The normalized spacial score (nSPS) is 20.8. The molecule has 4 rings (SSSR count). The molecule has 0 saturated heterocycles. The Hall–Kier alpha value is -2.34. The van der Waals surface area contributed by atoms with Crippen molar-refractivity contribution >= 4 is 27.8 Å². The molecule has 0 N–H and O–H groups in total. The lowest BCUT2D eigenvalue weighted by Gasteiger charge is -2.20. The Balaban J connectivity index is 1.69. The smallest absolute Gasteiger partial charge is 0.218 e. The zero-order valence-corrected chi connectivity index (χ0v) is 13.4. The highest BCUT2D eigenvalue weighted by molar-refractivity contribution is 8.26. The van der Waals surface area contributed by atoms with Crippen LogP contribution in [0.2, 0.25) is 0 Å². The van der Waals surface area contributed by atoms with Crippen LogP contribution in [0.5, 0.6) is 0 Å². The van der Waals surface area contributed by atoms with E-state index in [1.807, 2.05) is 17.1 Å². The second-order valence-electron chi connectivity index (χ2n) is 5.57. The van der Waals surface area contributed by atoms with Crippen LogP contribution in [0, 0.1) is 6.92 Å². The molecule has 6 heteroatoms. The summed E-state index contributed by atoms with van der Waals surface area (Å²) in [6.07, 6.45) is 2.39. The standard InChI is InChI=1S/C17H15N3O2S/c1-11-4-6-12(7-5-11)13-9-14(15-3-2-8-22-15)20(19-13)17-18-10-16(21)23-17/h2-8,14H,9-10H2,1H3. The molecule has 23 heavy (non-hydrogen) atoms. The first-order valence-electron chi connectivity index (χ1n) is 7.43. The molecule has 1 aromatic heterocycles. The van der Waals surface area contributed by atoms with Gasteiger partial charge < -0.3 is 4.42 Å². The van der Waals surface area contributed by atoms with Gasteiger partial charge in [-0.25, -0.2) is 5.01 Å². The molecule has 5 nitrogen and oxygen atoms in total. The minimum atomic E-state index is -0.0570. The Bertz CT molecular complexity index is 794. The van der Waals surface area contributed by atoms with Crippen LogP contribution in [-0.2, 0) is 4.79 Å².